The van der Waals surface area contributed by atoms with E-state index in [1.54, 1.807) is 11.3 Å². The molecule has 1 unspecified atom stereocenters. The molecule has 1 atom stereocenters. The largest absolute Gasteiger partial charge is 0.444 e. The van der Waals surface area contributed by atoms with Gasteiger partial charge in [-0.05, 0) is 51.1 Å². The normalized spacial score (nSPS) is 20.2. The lowest BCUT2D eigenvalue weighted by Crippen LogP contribution is -2.35. The summed E-state index contributed by atoms with van der Waals surface area (Å²) in [5.74, 6) is 0.475. The molecule has 0 spiro atoms. The SMILES string of the molecule is Cc1cc(C2CCN(C(=O)OC(C)(C)C)C2)cs1. The molecule has 1 amide bonds. The Morgan fingerprint density at radius 1 is 1.50 bits per heavy atom. The third kappa shape index (κ3) is 3.25. The monoisotopic (exact) mass is 267 g/mol. The van der Waals surface area contributed by atoms with Crippen LogP contribution < -0.4 is 0 Å². The second-order valence-corrected chi connectivity index (χ2v) is 7.02. The summed E-state index contributed by atoms with van der Waals surface area (Å²) >= 11 is 1.78. The van der Waals surface area contributed by atoms with Gasteiger partial charge in [-0.25, -0.2) is 4.79 Å². The van der Waals surface area contributed by atoms with Crippen LogP contribution in [0.5, 0.6) is 0 Å². The molecule has 1 aromatic heterocycles. The van der Waals surface area contributed by atoms with Crippen LogP contribution in [0.15, 0.2) is 11.4 Å². The maximum Gasteiger partial charge on any atom is 0.410 e. The fourth-order valence-corrected chi connectivity index (χ4v) is 2.99. The number of hydrogen-bond donors (Lipinski definition) is 0. The number of nitrogens with zero attached hydrogens (tertiary/aromatic N) is 1. The highest BCUT2D eigenvalue weighted by Crippen LogP contribution is 2.30. The van der Waals surface area contributed by atoms with Crippen LogP contribution in [0, 0.1) is 6.92 Å². The highest BCUT2D eigenvalue weighted by Gasteiger charge is 2.30. The molecule has 0 aromatic carbocycles. The van der Waals surface area contributed by atoms with E-state index in [0.717, 1.165) is 19.5 Å². The van der Waals surface area contributed by atoms with Crippen molar-refractivity contribution in [3.63, 3.8) is 0 Å². The van der Waals surface area contributed by atoms with Crippen molar-refractivity contribution in [1.82, 2.24) is 4.90 Å². The maximum absolute atomic E-state index is 11.9. The summed E-state index contributed by atoms with van der Waals surface area (Å²) in [5, 5.41) is 2.21. The predicted octanol–water partition coefficient (Wildman–Crippen LogP) is 3.78. The zero-order chi connectivity index (χ0) is 13.3. The van der Waals surface area contributed by atoms with Crippen molar-refractivity contribution in [3.8, 4) is 0 Å². The van der Waals surface area contributed by atoms with Gasteiger partial charge in [-0.1, -0.05) is 0 Å². The van der Waals surface area contributed by atoms with Gasteiger partial charge in [0.25, 0.3) is 0 Å². The molecule has 3 nitrogen and oxygen atoms in total. The van der Waals surface area contributed by atoms with Crippen LogP contribution in [0.3, 0.4) is 0 Å². The van der Waals surface area contributed by atoms with E-state index in [1.807, 2.05) is 25.7 Å². The molecule has 100 valence electrons. The van der Waals surface area contributed by atoms with Crippen LogP contribution in [-0.2, 0) is 4.74 Å². The molecule has 0 saturated carbocycles. The number of likely N-dealkylation sites (tertiary alicyclic amines) is 1. The minimum Gasteiger partial charge on any atom is -0.444 e. The first-order chi connectivity index (χ1) is 8.35. The highest BCUT2D eigenvalue weighted by molar-refractivity contribution is 7.10. The number of hydrogen-bond acceptors (Lipinski definition) is 3. The summed E-state index contributed by atoms with van der Waals surface area (Å²) in [4.78, 5) is 15.1. The molecule has 4 heteroatoms. The summed E-state index contributed by atoms with van der Waals surface area (Å²) in [6.07, 6.45) is 0.854. The number of carbonyl (C=O) groups excluding carboxylic acids is 1. The number of aryl methyl sites for hydroxylation is 1. The van der Waals surface area contributed by atoms with E-state index in [2.05, 4.69) is 18.4 Å². The van der Waals surface area contributed by atoms with Crippen LogP contribution in [0.2, 0.25) is 0 Å². The summed E-state index contributed by atoms with van der Waals surface area (Å²) in [6.45, 7) is 9.41. The van der Waals surface area contributed by atoms with Crippen LogP contribution in [0.4, 0.5) is 4.79 Å². The van der Waals surface area contributed by atoms with Gasteiger partial charge in [-0.3, -0.25) is 0 Å². The number of carbonyl (C=O) groups is 1. The predicted molar refractivity (Wildman–Crippen MR) is 74.2 cm³/mol. The lowest BCUT2D eigenvalue weighted by Gasteiger charge is -2.24. The van der Waals surface area contributed by atoms with E-state index >= 15 is 0 Å². The van der Waals surface area contributed by atoms with Crippen molar-refractivity contribution in [3.05, 3.63) is 21.9 Å². The van der Waals surface area contributed by atoms with E-state index in [9.17, 15) is 4.79 Å². The van der Waals surface area contributed by atoms with Crippen LogP contribution in [0.25, 0.3) is 0 Å². The topological polar surface area (TPSA) is 29.5 Å². The Balaban J connectivity index is 1.94. The van der Waals surface area contributed by atoms with Gasteiger partial charge in [0.1, 0.15) is 5.60 Å². The second kappa shape index (κ2) is 4.92. The molecule has 1 aliphatic rings. The Hall–Kier alpha value is -1.03. The summed E-state index contributed by atoms with van der Waals surface area (Å²) < 4.78 is 5.40. The van der Waals surface area contributed by atoms with Crippen molar-refractivity contribution in [2.75, 3.05) is 13.1 Å². The summed E-state index contributed by atoms with van der Waals surface area (Å²) in [6, 6.07) is 2.23. The molecule has 1 aliphatic heterocycles. The van der Waals surface area contributed by atoms with E-state index in [-0.39, 0.29) is 6.09 Å². The number of rotatable bonds is 1. The van der Waals surface area contributed by atoms with Gasteiger partial charge in [-0.2, -0.15) is 0 Å². The van der Waals surface area contributed by atoms with Gasteiger partial charge in [0, 0.05) is 23.9 Å². The Morgan fingerprint density at radius 3 is 2.78 bits per heavy atom. The quantitative estimate of drug-likeness (QED) is 0.775. The smallest absolute Gasteiger partial charge is 0.410 e. The molecule has 2 heterocycles. The van der Waals surface area contributed by atoms with Crippen molar-refractivity contribution >= 4 is 17.4 Å². The van der Waals surface area contributed by atoms with Gasteiger partial charge in [0.2, 0.25) is 0 Å². The molecule has 0 aliphatic carbocycles. The molecule has 2 rings (SSSR count). The fraction of sp³-hybridized carbons (Fsp3) is 0.643. The molecule has 0 radical (unpaired) electrons. The number of amides is 1. The van der Waals surface area contributed by atoms with Crippen molar-refractivity contribution < 1.29 is 9.53 Å². The molecule has 18 heavy (non-hydrogen) atoms. The molecule has 0 bridgehead atoms. The van der Waals surface area contributed by atoms with Crippen LogP contribution in [-0.4, -0.2) is 29.7 Å². The maximum atomic E-state index is 11.9. The minimum absolute atomic E-state index is 0.183. The molecular weight excluding hydrogens is 246 g/mol. The van der Waals surface area contributed by atoms with Crippen LogP contribution >= 0.6 is 11.3 Å². The summed E-state index contributed by atoms with van der Waals surface area (Å²) in [5.41, 5.74) is 0.956. The lowest BCUT2D eigenvalue weighted by molar-refractivity contribution is 0.0292. The third-order valence-electron chi connectivity index (χ3n) is 3.06. The third-order valence-corrected chi connectivity index (χ3v) is 3.94. The molecule has 1 fully saturated rings. The standard InChI is InChI=1S/C14H21NO2S/c1-10-7-12(9-18-10)11-5-6-15(8-11)13(16)17-14(2,3)4/h7,9,11H,5-6,8H2,1-4H3. The van der Waals surface area contributed by atoms with Gasteiger partial charge < -0.3 is 9.64 Å². The fourth-order valence-electron chi connectivity index (χ4n) is 2.20. The average Bonchev–Trinajstić information content (AvgIpc) is 2.82. The van der Waals surface area contributed by atoms with Gasteiger partial charge >= 0.3 is 6.09 Å². The zero-order valence-electron chi connectivity index (χ0n) is 11.5. The van der Waals surface area contributed by atoms with Crippen molar-refractivity contribution in [1.29, 1.82) is 0 Å². The highest BCUT2D eigenvalue weighted by atomic mass is 32.1. The van der Waals surface area contributed by atoms with E-state index in [1.165, 1.54) is 10.4 Å². The zero-order valence-corrected chi connectivity index (χ0v) is 12.3. The molecule has 0 N–H and O–H groups in total. The summed E-state index contributed by atoms with van der Waals surface area (Å²) in [7, 11) is 0. The number of thiophene rings is 1. The minimum atomic E-state index is -0.409. The molecule has 1 saturated heterocycles. The van der Waals surface area contributed by atoms with Gasteiger partial charge in [0.05, 0.1) is 0 Å². The van der Waals surface area contributed by atoms with Gasteiger partial charge in [0.15, 0.2) is 0 Å². The molecule has 1 aromatic rings. The Kier molecular flexibility index (Phi) is 3.66. The first kappa shape index (κ1) is 13.4. The van der Waals surface area contributed by atoms with Crippen molar-refractivity contribution in [2.24, 2.45) is 0 Å². The molecular formula is C14H21NO2S. The average molecular weight is 267 g/mol. The number of ether oxygens (including phenoxy) is 1. The lowest BCUT2D eigenvalue weighted by atomic mass is 10.0. The van der Waals surface area contributed by atoms with Crippen LogP contribution in [0.1, 0.15) is 43.6 Å². The Labute approximate surface area is 113 Å². The van der Waals surface area contributed by atoms with E-state index in [4.69, 9.17) is 4.74 Å². The first-order valence-corrected chi connectivity index (χ1v) is 7.26. The Bertz CT molecular complexity index is 433. The Morgan fingerprint density at radius 2 is 2.22 bits per heavy atom. The first-order valence-electron chi connectivity index (χ1n) is 6.38. The van der Waals surface area contributed by atoms with Crippen molar-refractivity contribution in [2.45, 2.75) is 45.6 Å². The van der Waals surface area contributed by atoms with E-state index < -0.39 is 5.60 Å². The van der Waals surface area contributed by atoms with Gasteiger partial charge in [-0.15, -0.1) is 11.3 Å². The second-order valence-electron chi connectivity index (χ2n) is 5.90. The van der Waals surface area contributed by atoms with E-state index in [0.29, 0.717) is 5.92 Å².